The van der Waals surface area contributed by atoms with Crippen molar-refractivity contribution in [2.45, 2.75) is 19.8 Å². The van der Waals surface area contributed by atoms with Crippen LogP contribution in [0.25, 0.3) is 0 Å². The Bertz CT molecular complexity index is 885. The lowest BCUT2D eigenvalue weighted by molar-refractivity contribution is -0.126. The maximum Gasteiger partial charge on any atom is 0.287 e. The Labute approximate surface area is 148 Å². The molecular weight excluding hydrogens is 398 g/mol. The molecular formula is C16H12BrNO3S2. The summed E-state index contributed by atoms with van der Waals surface area (Å²) in [6.45, 7) is 1.86. The first-order valence-electron chi connectivity index (χ1n) is 7.16. The molecule has 2 aromatic rings. The van der Waals surface area contributed by atoms with Crippen LogP contribution < -0.4 is 8.96 Å². The van der Waals surface area contributed by atoms with E-state index < -0.39 is 5.41 Å². The van der Waals surface area contributed by atoms with Crippen LogP contribution in [0.5, 0.6) is 0 Å². The van der Waals surface area contributed by atoms with Gasteiger partial charge < -0.3 is 0 Å². The fourth-order valence-electron chi connectivity index (χ4n) is 3.42. The molecule has 1 aromatic heterocycles. The fraction of sp³-hybridized carbons (Fsp3) is 0.312. The quantitative estimate of drug-likeness (QED) is 0.679. The van der Waals surface area contributed by atoms with Crippen LogP contribution in [0.3, 0.4) is 0 Å². The van der Waals surface area contributed by atoms with Gasteiger partial charge in [-0.1, -0.05) is 38.6 Å². The second-order valence-electron chi connectivity index (χ2n) is 6.11. The van der Waals surface area contributed by atoms with Crippen LogP contribution in [0, 0.1) is 11.3 Å². The average molecular weight is 410 g/mol. The molecule has 0 spiro atoms. The molecule has 0 bridgehead atoms. The van der Waals surface area contributed by atoms with Crippen LogP contribution in [-0.2, 0) is 22.4 Å². The number of carbonyl (C=O) groups excluding carboxylic acids is 2. The number of anilines is 1. The van der Waals surface area contributed by atoms with Crippen molar-refractivity contribution in [3.05, 3.63) is 47.3 Å². The molecule has 118 valence electrons. The molecule has 23 heavy (non-hydrogen) atoms. The van der Waals surface area contributed by atoms with E-state index in [9.17, 15) is 14.4 Å². The number of imide groups is 1. The van der Waals surface area contributed by atoms with E-state index in [0.717, 1.165) is 14.2 Å². The smallest absolute Gasteiger partial charge is 0.274 e. The summed E-state index contributed by atoms with van der Waals surface area (Å²) in [5, 5.41) is 0. The molecule has 1 fully saturated rings. The molecule has 1 aromatic carbocycles. The summed E-state index contributed by atoms with van der Waals surface area (Å²) in [4.78, 5) is 40.8. The first-order chi connectivity index (χ1) is 10.9. The number of amides is 2. The van der Waals surface area contributed by atoms with Crippen LogP contribution in [0.4, 0.5) is 5.69 Å². The Morgan fingerprint density at radius 2 is 1.78 bits per heavy atom. The van der Waals surface area contributed by atoms with Crippen LogP contribution in [0.15, 0.2) is 33.5 Å². The molecule has 0 N–H and O–H groups in total. The summed E-state index contributed by atoms with van der Waals surface area (Å²) in [6.07, 6.45) is 0.973. The van der Waals surface area contributed by atoms with Crippen LogP contribution in [0.1, 0.15) is 16.7 Å². The van der Waals surface area contributed by atoms with E-state index in [1.54, 1.807) is 12.1 Å². The van der Waals surface area contributed by atoms with Gasteiger partial charge in [0.05, 0.1) is 17.0 Å². The third-order valence-corrected chi connectivity index (χ3v) is 7.49. The third kappa shape index (κ3) is 2.17. The Kier molecular flexibility index (Phi) is 3.37. The molecule has 0 radical (unpaired) electrons. The van der Waals surface area contributed by atoms with E-state index in [1.807, 2.05) is 19.1 Å². The van der Waals surface area contributed by atoms with E-state index in [0.29, 0.717) is 18.5 Å². The van der Waals surface area contributed by atoms with Gasteiger partial charge in [0.25, 0.3) is 4.06 Å². The number of hydrogen-bond acceptors (Lipinski definition) is 5. The maximum atomic E-state index is 13.0. The SMILES string of the molecule is C[C@]12Cc3sc(=O)sc3C[C@H]1C(=O)N(c1ccc(Br)cc1)C2=O. The Morgan fingerprint density at radius 3 is 2.48 bits per heavy atom. The van der Waals surface area contributed by atoms with Crippen LogP contribution in [-0.4, -0.2) is 11.8 Å². The van der Waals surface area contributed by atoms with Gasteiger partial charge in [-0.25, -0.2) is 4.90 Å². The van der Waals surface area contributed by atoms with Gasteiger partial charge in [-0.3, -0.25) is 14.4 Å². The third-order valence-electron chi connectivity index (χ3n) is 4.71. The summed E-state index contributed by atoms with van der Waals surface area (Å²) < 4.78 is 0.944. The topological polar surface area (TPSA) is 54.5 Å². The second kappa shape index (κ2) is 5.09. The van der Waals surface area contributed by atoms with Gasteiger partial charge in [-0.05, 0) is 44.0 Å². The summed E-state index contributed by atoms with van der Waals surface area (Å²) >= 11 is 5.79. The van der Waals surface area contributed by atoms with Crippen molar-refractivity contribution >= 4 is 56.1 Å². The van der Waals surface area contributed by atoms with Crippen molar-refractivity contribution in [3.63, 3.8) is 0 Å². The van der Waals surface area contributed by atoms with E-state index in [2.05, 4.69) is 15.9 Å². The normalized spacial score (nSPS) is 26.3. The van der Waals surface area contributed by atoms with Gasteiger partial charge in [0.1, 0.15) is 0 Å². The van der Waals surface area contributed by atoms with Gasteiger partial charge in [0.2, 0.25) is 11.8 Å². The van der Waals surface area contributed by atoms with Gasteiger partial charge in [0, 0.05) is 14.2 Å². The first-order valence-corrected chi connectivity index (χ1v) is 9.58. The predicted molar refractivity (Wildman–Crippen MR) is 94.1 cm³/mol. The van der Waals surface area contributed by atoms with Gasteiger partial charge in [0.15, 0.2) is 0 Å². The first kappa shape index (κ1) is 15.2. The molecule has 4 nitrogen and oxygen atoms in total. The highest BCUT2D eigenvalue weighted by molar-refractivity contribution is 9.10. The van der Waals surface area contributed by atoms with Crippen molar-refractivity contribution in [1.29, 1.82) is 0 Å². The number of rotatable bonds is 1. The Balaban J connectivity index is 1.78. The van der Waals surface area contributed by atoms with E-state index in [-0.39, 0.29) is 21.8 Å². The number of nitrogens with zero attached hydrogens (tertiary/aromatic N) is 1. The van der Waals surface area contributed by atoms with Crippen molar-refractivity contribution in [3.8, 4) is 0 Å². The molecule has 7 heteroatoms. The lowest BCUT2D eigenvalue weighted by Crippen LogP contribution is -2.38. The lowest BCUT2D eigenvalue weighted by atomic mass is 9.71. The molecule has 1 saturated heterocycles. The number of halogens is 1. The van der Waals surface area contributed by atoms with Gasteiger partial charge >= 0.3 is 0 Å². The maximum absolute atomic E-state index is 13.0. The van der Waals surface area contributed by atoms with Crippen LogP contribution >= 0.6 is 38.6 Å². The number of hydrogen-bond donors (Lipinski definition) is 0. The number of fused-ring (bicyclic) bond motifs is 2. The minimum absolute atomic E-state index is 0.0447. The summed E-state index contributed by atoms with van der Waals surface area (Å²) in [6, 6.07) is 7.19. The fourth-order valence-corrected chi connectivity index (χ4v) is 6.12. The lowest BCUT2D eigenvalue weighted by Gasteiger charge is -2.30. The molecule has 4 rings (SSSR count). The van der Waals surface area contributed by atoms with E-state index >= 15 is 0 Å². The van der Waals surface area contributed by atoms with E-state index in [4.69, 9.17) is 0 Å². The van der Waals surface area contributed by atoms with Crippen LogP contribution in [0.2, 0.25) is 0 Å². The monoisotopic (exact) mass is 409 g/mol. The molecule has 2 heterocycles. The summed E-state index contributed by atoms with van der Waals surface area (Å²) in [5.74, 6) is -0.695. The zero-order valence-corrected chi connectivity index (χ0v) is 15.4. The highest BCUT2D eigenvalue weighted by Gasteiger charge is 2.58. The Hall–Kier alpha value is -1.31. The Morgan fingerprint density at radius 1 is 1.13 bits per heavy atom. The standard InChI is InChI=1S/C16H12BrNO3S2/c1-16-7-12-11(22-15(21)23-12)6-10(16)13(19)18(14(16)20)9-4-2-8(17)3-5-9/h2-5,10H,6-7H2,1H3/t10-,16-/m0/s1. The molecule has 1 aliphatic carbocycles. The second-order valence-corrected chi connectivity index (χ2v) is 9.42. The molecule has 0 unspecified atom stereocenters. The van der Waals surface area contributed by atoms with Crippen molar-refractivity contribution in [1.82, 2.24) is 0 Å². The summed E-state index contributed by atoms with van der Waals surface area (Å²) in [7, 11) is 0. The highest BCUT2D eigenvalue weighted by atomic mass is 79.9. The van der Waals surface area contributed by atoms with Crippen molar-refractivity contribution in [2.24, 2.45) is 11.3 Å². The molecule has 0 saturated carbocycles. The summed E-state index contributed by atoms with van der Waals surface area (Å²) in [5.41, 5.74) is -0.142. The molecule has 1 aliphatic heterocycles. The zero-order valence-electron chi connectivity index (χ0n) is 12.2. The number of carbonyl (C=O) groups is 2. The molecule has 2 amide bonds. The van der Waals surface area contributed by atoms with Crippen molar-refractivity contribution in [2.75, 3.05) is 4.90 Å². The van der Waals surface area contributed by atoms with Gasteiger partial charge in [-0.15, -0.1) is 0 Å². The minimum Gasteiger partial charge on any atom is -0.274 e. The van der Waals surface area contributed by atoms with Gasteiger partial charge in [-0.2, -0.15) is 0 Å². The average Bonchev–Trinajstić information content (AvgIpc) is 2.94. The minimum atomic E-state index is -0.749. The largest absolute Gasteiger partial charge is 0.287 e. The number of benzene rings is 1. The molecule has 2 atom stereocenters. The highest BCUT2D eigenvalue weighted by Crippen LogP contribution is 2.49. The molecule has 2 aliphatic rings. The predicted octanol–water partition coefficient (Wildman–Crippen LogP) is 3.23. The van der Waals surface area contributed by atoms with Crippen molar-refractivity contribution < 1.29 is 9.59 Å². The zero-order chi connectivity index (χ0) is 16.4. The van der Waals surface area contributed by atoms with E-state index in [1.165, 1.54) is 27.6 Å².